The van der Waals surface area contributed by atoms with Crippen molar-refractivity contribution in [1.29, 1.82) is 0 Å². The Balaban J connectivity index is 1.75. The van der Waals surface area contributed by atoms with Crippen molar-refractivity contribution in [2.45, 2.75) is 18.8 Å². The highest BCUT2D eigenvalue weighted by Crippen LogP contribution is 2.44. The predicted octanol–water partition coefficient (Wildman–Crippen LogP) is 3.86. The SMILES string of the molecule is O=c1[nH]cccc1-c1cc(C2CC2)c2cc(-c3ccn[nH]3)ccc2n1. The molecule has 0 unspecified atom stereocenters. The number of nitrogens with one attached hydrogen (secondary N) is 2. The highest BCUT2D eigenvalue weighted by Gasteiger charge is 2.27. The Morgan fingerprint density at radius 2 is 2.00 bits per heavy atom. The van der Waals surface area contributed by atoms with Gasteiger partial charge in [0.15, 0.2) is 0 Å². The van der Waals surface area contributed by atoms with E-state index in [1.54, 1.807) is 12.4 Å². The number of H-pyrrole nitrogens is 2. The van der Waals surface area contributed by atoms with Crippen molar-refractivity contribution in [3.8, 4) is 22.5 Å². The molecule has 1 saturated carbocycles. The van der Waals surface area contributed by atoms with Crippen LogP contribution in [0.4, 0.5) is 0 Å². The molecule has 0 bridgehead atoms. The number of pyridine rings is 2. The van der Waals surface area contributed by atoms with Crippen molar-refractivity contribution >= 4 is 10.9 Å². The lowest BCUT2D eigenvalue weighted by atomic mass is 9.99. The third-order valence-corrected chi connectivity index (χ3v) is 4.76. The quantitative estimate of drug-likeness (QED) is 0.600. The van der Waals surface area contributed by atoms with Gasteiger partial charge < -0.3 is 4.98 Å². The average Bonchev–Trinajstić information content (AvgIpc) is 3.34. The first-order valence-electron chi connectivity index (χ1n) is 8.42. The number of rotatable bonds is 3. The molecule has 5 nitrogen and oxygen atoms in total. The number of fused-ring (bicyclic) bond motifs is 1. The van der Waals surface area contributed by atoms with E-state index in [2.05, 4.69) is 27.3 Å². The van der Waals surface area contributed by atoms with E-state index in [1.807, 2.05) is 30.3 Å². The van der Waals surface area contributed by atoms with Crippen molar-refractivity contribution < 1.29 is 0 Å². The zero-order chi connectivity index (χ0) is 16.8. The summed E-state index contributed by atoms with van der Waals surface area (Å²) in [5.74, 6) is 0.559. The Kier molecular flexibility index (Phi) is 3.06. The summed E-state index contributed by atoms with van der Waals surface area (Å²) in [6.07, 6.45) is 5.78. The normalized spacial score (nSPS) is 14.1. The molecule has 0 atom stereocenters. The first kappa shape index (κ1) is 14.2. The highest BCUT2D eigenvalue weighted by molar-refractivity contribution is 5.89. The van der Waals surface area contributed by atoms with E-state index in [9.17, 15) is 4.79 Å². The van der Waals surface area contributed by atoms with Gasteiger partial charge in [0.2, 0.25) is 0 Å². The lowest BCUT2D eigenvalue weighted by Gasteiger charge is -2.10. The summed E-state index contributed by atoms with van der Waals surface area (Å²) in [5, 5.41) is 8.20. The largest absolute Gasteiger partial charge is 0.329 e. The van der Waals surface area contributed by atoms with E-state index < -0.39 is 0 Å². The lowest BCUT2D eigenvalue weighted by Crippen LogP contribution is -2.08. The third-order valence-electron chi connectivity index (χ3n) is 4.76. The van der Waals surface area contributed by atoms with Crippen LogP contribution in [0, 0.1) is 0 Å². The Morgan fingerprint density at radius 3 is 2.76 bits per heavy atom. The maximum Gasteiger partial charge on any atom is 0.257 e. The summed E-state index contributed by atoms with van der Waals surface area (Å²) in [6, 6.07) is 13.9. The fraction of sp³-hybridized carbons (Fsp3) is 0.150. The van der Waals surface area contributed by atoms with E-state index in [0.29, 0.717) is 11.5 Å². The molecule has 122 valence electrons. The molecule has 1 aromatic carbocycles. The van der Waals surface area contributed by atoms with Crippen LogP contribution >= 0.6 is 0 Å². The number of nitrogens with zero attached hydrogens (tertiary/aromatic N) is 2. The van der Waals surface area contributed by atoms with Crippen molar-refractivity contribution in [3.63, 3.8) is 0 Å². The van der Waals surface area contributed by atoms with Crippen molar-refractivity contribution in [1.82, 2.24) is 20.2 Å². The van der Waals surface area contributed by atoms with Gasteiger partial charge in [0.05, 0.1) is 22.5 Å². The monoisotopic (exact) mass is 328 g/mol. The van der Waals surface area contributed by atoms with Gasteiger partial charge in [-0.05, 0) is 60.7 Å². The molecule has 0 spiro atoms. The molecular weight excluding hydrogens is 312 g/mol. The molecule has 5 heteroatoms. The Hall–Kier alpha value is -3.21. The smallest absolute Gasteiger partial charge is 0.257 e. The molecule has 0 amide bonds. The second kappa shape index (κ2) is 5.41. The molecule has 4 aromatic rings. The molecule has 5 rings (SSSR count). The lowest BCUT2D eigenvalue weighted by molar-refractivity contribution is 1.09. The summed E-state index contributed by atoms with van der Waals surface area (Å²) in [6.45, 7) is 0. The number of hydrogen-bond donors (Lipinski definition) is 2. The standard InChI is InChI=1S/C20H16N4O/c25-20-14(2-1-8-21-20)19-11-15(12-3-4-12)16-10-13(5-6-18(16)23-19)17-7-9-22-24-17/h1-2,5-12H,3-4H2,(H,21,25)(H,22,24). The fourth-order valence-corrected chi connectivity index (χ4v) is 3.33. The van der Waals surface area contributed by atoms with Crippen LogP contribution in [0.5, 0.6) is 0 Å². The van der Waals surface area contributed by atoms with Crippen molar-refractivity contribution in [2.75, 3.05) is 0 Å². The highest BCUT2D eigenvalue weighted by atomic mass is 16.1. The van der Waals surface area contributed by atoms with Gasteiger partial charge in [-0.1, -0.05) is 6.07 Å². The molecular formula is C20H16N4O. The van der Waals surface area contributed by atoms with Gasteiger partial charge in [0.25, 0.3) is 5.56 Å². The van der Waals surface area contributed by atoms with Gasteiger partial charge in [-0.2, -0.15) is 5.10 Å². The fourth-order valence-electron chi connectivity index (χ4n) is 3.33. The molecule has 1 aliphatic carbocycles. The van der Waals surface area contributed by atoms with E-state index in [0.717, 1.165) is 27.9 Å². The Morgan fingerprint density at radius 1 is 1.08 bits per heavy atom. The van der Waals surface area contributed by atoms with Crippen LogP contribution in [0.25, 0.3) is 33.4 Å². The van der Waals surface area contributed by atoms with Crippen molar-refractivity contribution in [2.24, 2.45) is 0 Å². The van der Waals surface area contributed by atoms with Gasteiger partial charge in [-0.3, -0.25) is 9.89 Å². The number of hydrogen-bond acceptors (Lipinski definition) is 3. The van der Waals surface area contributed by atoms with E-state index in [1.165, 1.54) is 18.4 Å². The predicted molar refractivity (Wildman–Crippen MR) is 97.4 cm³/mol. The first-order valence-corrected chi connectivity index (χ1v) is 8.42. The summed E-state index contributed by atoms with van der Waals surface area (Å²) >= 11 is 0. The van der Waals surface area contributed by atoms with Crippen LogP contribution in [0.2, 0.25) is 0 Å². The van der Waals surface area contributed by atoms with Gasteiger partial charge in [0.1, 0.15) is 0 Å². The van der Waals surface area contributed by atoms with Gasteiger partial charge in [0, 0.05) is 23.3 Å². The molecule has 1 fully saturated rings. The zero-order valence-corrected chi connectivity index (χ0v) is 13.5. The maximum atomic E-state index is 12.2. The van der Waals surface area contributed by atoms with Crippen LogP contribution in [0.1, 0.15) is 24.3 Å². The molecule has 0 radical (unpaired) electrons. The number of benzene rings is 1. The minimum atomic E-state index is -0.106. The van der Waals surface area contributed by atoms with E-state index >= 15 is 0 Å². The van der Waals surface area contributed by atoms with Crippen LogP contribution in [0.15, 0.2) is 59.7 Å². The van der Waals surface area contributed by atoms with Crippen LogP contribution in [-0.2, 0) is 0 Å². The third kappa shape index (κ3) is 2.45. The van der Waals surface area contributed by atoms with E-state index in [-0.39, 0.29) is 5.56 Å². The van der Waals surface area contributed by atoms with Gasteiger partial charge in [-0.15, -0.1) is 0 Å². The number of aromatic amines is 2. The molecule has 0 saturated heterocycles. The summed E-state index contributed by atoms with van der Waals surface area (Å²) < 4.78 is 0. The molecule has 2 N–H and O–H groups in total. The molecule has 1 aliphatic rings. The topological polar surface area (TPSA) is 74.4 Å². The van der Waals surface area contributed by atoms with Gasteiger partial charge in [-0.25, -0.2) is 4.98 Å². The second-order valence-corrected chi connectivity index (χ2v) is 6.49. The molecule has 25 heavy (non-hydrogen) atoms. The molecule has 3 heterocycles. The second-order valence-electron chi connectivity index (χ2n) is 6.49. The Bertz CT molecular complexity index is 1120. The Labute approximate surface area is 143 Å². The van der Waals surface area contributed by atoms with E-state index in [4.69, 9.17) is 4.98 Å². The van der Waals surface area contributed by atoms with Crippen LogP contribution in [0.3, 0.4) is 0 Å². The zero-order valence-electron chi connectivity index (χ0n) is 13.5. The van der Waals surface area contributed by atoms with Gasteiger partial charge >= 0.3 is 0 Å². The number of aromatic nitrogens is 4. The average molecular weight is 328 g/mol. The minimum absolute atomic E-state index is 0.106. The molecule has 0 aliphatic heterocycles. The molecule has 3 aromatic heterocycles. The first-order chi connectivity index (χ1) is 12.3. The minimum Gasteiger partial charge on any atom is -0.329 e. The van der Waals surface area contributed by atoms with Crippen LogP contribution in [-0.4, -0.2) is 20.2 Å². The summed E-state index contributed by atoms with van der Waals surface area (Å²) in [7, 11) is 0. The summed E-state index contributed by atoms with van der Waals surface area (Å²) in [5.41, 5.74) is 5.54. The van der Waals surface area contributed by atoms with Crippen molar-refractivity contribution in [3.05, 3.63) is 70.8 Å². The maximum absolute atomic E-state index is 12.2. The van der Waals surface area contributed by atoms with Crippen LogP contribution < -0.4 is 5.56 Å². The summed E-state index contributed by atoms with van der Waals surface area (Å²) in [4.78, 5) is 19.6.